The van der Waals surface area contributed by atoms with Crippen molar-refractivity contribution in [1.82, 2.24) is 29.8 Å². The van der Waals surface area contributed by atoms with Crippen LogP contribution in [-0.4, -0.2) is 151 Å². The van der Waals surface area contributed by atoms with Gasteiger partial charge in [0.15, 0.2) is 24.9 Å². The van der Waals surface area contributed by atoms with Crippen molar-refractivity contribution >= 4 is 18.1 Å². The van der Waals surface area contributed by atoms with Gasteiger partial charge in [-0.2, -0.15) is 20.0 Å². The Bertz CT molecular complexity index is 844. The zero-order valence-electron chi connectivity index (χ0n) is 19.4. The number of carbonyl (C=O) groups is 3. The van der Waals surface area contributed by atoms with Crippen molar-refractivity contribution in [2.45, 2.75) is 82.7 Å². The molecule has 6 amide bonds. The lowest BCUT2D eigenvalue weighted by Gasteiger charge is -2.36. The third-order valence-corrected chi connectivity index (χ3v) is 6.11. The topological polar surface area (TPSA) is 232 Å². The number of rotatable bonds is 8. The van der Waals surface area contributed by atoms with E-state index in [1.165, 1.54) is 13.8 Å². The average molecular weight is 508 g/mol. The Labute approximate surface area is 199 Å². The molecule has 8 N–H and O–H groups in total. The van der Waals surface area contributed by atoms with Gasteiger partial charge in [-0.15, -0.1) is 0 Å². The van der Waals surface area contributed by atoms with E-state index in [0.717, 1.165) is 16.7 Å². The van der Waals surface area contributed by atoms with Gasteiger partial charge in [-0.3, -0.25) is 9.80 Å². The minimum absolute atomic E-state index is 0.0110. The van der Waals surface area contributed by atoms with E-state index in [-0.39, 0.29) is 46.0 Å². The first-order valence-electron chi connectivity index (χ1n) is 11.0. The predicted octanol–water partition coefficient (Wildman–Crippen LogP) is -4.13. The molecule has 3 saturated heterocycles. The summed E-state index contributed by atoms with van der Waals surface area (Å²) in [5.41, 5.74) is -2.67. The molecule has 3 rings (SSSR count). The molecule has 200 valence electrons. The standard InChI is InChI=1S/C18H32N6O11/c1-8(25)4-6-19-10(27)12(29)21(15(19)32)23-14(31)18(3,35)24(17(23)34)22-13(30)11(28)20(16(22)33)7-5-9(2)26/h8-14,25-31,35H,4-7H2,1-3H3. The van der Waals surface area contributed by atoms with Gasteiger partial charge in [0.1, 0.15) is 0 Å². The Hall–Kier alpha value is -2.51. The van der Waals surface area contributed by atoms with Crippen LogP contribution < -0.4 is 0 Å². The summed E-state index contributed by atoms with van der Waals surface area (Å²) >= 11 is 0. The summed E-state index contributed by atoms with van der Waals surface area (Å²) < 4.78 is 0. The zero-order valence-corrected chi connectivity index (χ0v) is 19.4. The molecule has 3 heterocycles. The summed E-state index contributed by atoms with van der Waals surface area (Å²) in [6.07, 6.45) is -11.9. The second-order valence-corrected chi connectivity index (χ2v) is 8.98. The van der Waals surface area contributed by atoms with Crippen molar-refractivity contribution in [2.75, 3.05) is 13.1 Å². The number of hydrogen-bond donors (Lipinski definition) is 8. The molecule has 8 atom stereocenters. The van der Waals surface area contributed by atoms with Crippen LogP contribution in [0.4, 0.5) is 14.4 Å². The summed E-state index contributed by atoms with van der Waals surface area (Å²) in [7, 11) is 0. The molecule has 3 aliphatic rings. The third-order valence-electron chi connectivity index (χ3n) is 6.11. The molecule has 17 nitrogen and oxygen atoms in total. The van der Waals surface area contributed by atoms with Crippen LogP contribution in [-0.2, 0) is 0 Å². The van der Waals surface area contributed by atoms with E-state index in [9.17, 15) is 55.2 Å². The number of carbonyl (C=O) groups excluding carboxylic acids is 3. The quantitative estimate of drug-likeness (QED) is 0.157. The van der Waals surface area contributed by atoms with Crippen LogP contribution in [0.5, 0.6) is 0 Å². The SMILES string of the molecule is CC(O)CCN1C(=O)N(N2C(=O)N(N3C(=O)N(CCC(C)O)C(O)C3O)C(C)(O)C2O)C(O)C1O. The summed E-state index contributed by atoms with van der Waals surface area (Å²) in [5, 5.41) is 83.1. The molecule has 3 fully saturated rings. The molecule has 0 spiro atoms. The van der Waals surface area contributed by atoms with Gasteiger partial charge in [-0.25, -0.2) is 14.4 Å². The average Bonchev–Trinajstić information content (AvgIpc) is 3.16. The maximum absolute atomic E-state index is 13.3. The maximum Gasteiger partial charge on any atom is 0.363 e. The van der Waals surface area contributed by atoms with Gasteiger partial charge < -0.3 is 40.9 Å². The van der Waals surface area contributed by atoms with Gasteiger partial charge in [0.2, 0.25) is 12.0 Å². The van der Waals surface area contributed by atoms with Crippen molar-refractivity contribution in [3.8, 4) is 0 Å². The number of urea groups is 3. The molecule has 35 heavy (non-hydrogen) atoms. The van der Waals surface area contributed by atoms with E-state index in [1.807, 2.05) is 0 Å². The lowest BCUT2D eigenvalue weighted by molar-refractivity contribution is -0.233. The van der Waals surface area contributed by atoms with Gasteiger partial charge in [-0.05, 0) is 33.6 Å². The second kappa shape index (κ2) is 9.51. The zero-order chi connectivity index (χ0) is 26.6. The van der Waals surface area contributed by atoms with E-state index >= 15 is 0 Å². The molecular weight excluding hydrogens is 476 g/mol. The molecule has 0 aromatic rings. The molecule has 0 aliphatic carbocycles. The van der Waals surface area contributed by atoms with Crippen LogP contribution in [0.15, 0.2) is 0 Å². The number of hydrogen-bond acceptors (Lipinski definition) is 11. The molecule has 0 aromatic heterocycles. The summed E-state index contributed by atoms with van der Waals surface area (Å²) in [4.78, 5) is 40.5. The number of amides is 6. The molecule has 0 radical (unpaired) electrons. The number of hydrazine groups is 2. The van der Waals surface area contributed by atoms with Crippen LogP contribution in [0.2, 0.25) is 0 Å². The molecule has 8 unspecified atom stereocenters. The van der Waals surface area contributed by atoms with Crippen LogP contribution in [0.3, 0.4) is 0 Å². The van der Waals surface area contributed by atoms with Crippen LogP contribution >= 0.6 is 0 Å². The Balaban J connectivity index is 1.90. The molecule has 0 bridgehead atoms. The van der Waals surface area contributed by atoms with Gasteiger partial charge in [0, 0.05) is 13.1 Å². The highest BCUT2D eigenvalue weighted by Crippen LogP contribution is 2.38. The van der Waals surface area contributed by atoms with Gasteiger partial charge in [-0.1, -0.05) is 0 Å². The molecular formula is C18H32N6O11. The monoisotopic (exact) mass is 508 g/mol. The normalized spacial score (nSPS) is 35.7. The van der Waals surface area contributed by atoms with Crippen LogP contribution in [0.1, 0.15) is 33.6 Å². The summed E-state index contributed by atoms with van der Waals surface area (Å²) in [6.45, 7) is 3.30. The highest BCUT2D eigenvalue weighted by Gasteiger charge is 2.65. The number of aliphatic hydroxyl groups is 8. The number of aliphatic hydroxyl groups excluding tert-OH is 7. The fourth-order valence-corrected chi connectivity index (χ4v) is 4.08. The highest BCUT2D eigenvalue weighted by atomic mass is 16.4. The van der Waals surface area contributed by atoms with Crippen LogP contribution in [0.25, 0.3) is 0 Å². The van der Waals surface area contributed by atoms with Crippen molar-refractivity contribution in [3.05, 3.63) is 0 Å². The molecule has 0 aromatic carbocycles. The second-order valence-electron chi connectivity index (χ2n) is 8.98. The first-order chi connectivity index (χ1) is 16.1. The fraction of sp³-hybridized carbons (Fsp3) is 0.833. The van der Waals surface area contributed by atoms with E-state index in [2.05, 4.69) is 0 Å². The molecule has 3 aliphatic heterocycles. The fourth-order valence-electron chi connectivity index (χ4n) is 4.08. The predicted molar refractivity (Wildman–Crippen MR) is 110 cm³/mol. The van der Waals surface area contributed by atoms with E-state index < -0.39 is 67.2 Å². The van der Waals surface area contributed by atoms with Crippen molar-refractivity contribution in [3.63, 3.8) is 0 Å². The first-order valence-corrected chi connectivity index (χ1v) is 11.0. The maximum atomic E-state index is 13.3. The Morgan fingerprint density at radius 3 is 1.54 bits per heavy atom. The van der Waals surface area contributed by atoms with Crippen LogP contribution in [0, 0.1) is 0 Å². The smallest absolute Gasteiger partial charge is 0.363 e. The summed E-state index contributed by atoms with van der Waals surface area (Å²) in [6, 6.07) is -3.75. The Kier molecular flexibility index (Phi) is 7.36. The lowest BCUT2D eigenvalue weighted by Crippen LogP contribution is -2.60. The largest absolute Gasteiger partial charge is 0.393 e. The Morgan fingerprint density at radius 2 is 1.11 bits per heavy atom. The van der Waals surface area contributed by atoms with Gasteiger partial charge >= 0.3 is 18.1 Å². The first kappa shape index (κ1) is 27.1. The summed E-state index contributed by atoms with van der Waals surface area (Å²) in [5.74, 6) is 0. The minimum atomic E-state index is -2.67. The van der Waals surface area contributed by atoms with E-state index in [1.54, 1.807) is 0 Å². The van der Waals surface area contributed by atoms with Crippen molar-refractivity contribution in [1.29, 1.82) is 0 Å². The third kappa shape index (κ3) is 4.33. The van der Waals surface area contributed by atoms with Crippen molar-refractivity contribution in [2.24, 2.45) is 0 Å². The Morgan fingerprint density at radius 1 is 0.714 bits per heavy atom. The van der Waals surface area contributed by atoms with E-state index in [0.29, 0.717) is 0 Å². The minimum Gasteiger partial charge on any atom is -0.393 e. The van der Waals surface area contributed by atoms with Crippen molar-refractivity contribution < 1.29 is 55.2 Å². The number of nitrogens with zero attached hydrogens (tertiary/aromatic N) is 6. The van der Waals surface area contributed by atoms with E-state index in [4.69, 9.17) is 0 Å². The highest BCUT2D eigenvalue weighted by molar-refractivity contribution is 5.87. The van der Waals surface area contributed by atoms with Gasteiger partial charge in [0.25, 0.3) is 0 Å². The lowest BCUT2D eigenvalue weighted by atomic mass is 10.2. The molecule has 0 saturated carbocycles. The molecule has 17 heteroatoms. The van der Waals surface area contributed by atoms with Gasteiger partial charge in [0.05, 0.1) is 12.2 Å².